The third kappa shape index (κ3) is 3.26. The zero-order valence-corrected chi connectivity index (χ0v) is 13.3. The molecule has 120 valence electrons. The van der Waals surface area contributed by atoms with Crippen LogP contribution < -0.4 is 5.32 Å². The molecular formula is C14H14ClN5O3. The first-order valence-electron chi connectivity index (χ1n) is 6.87. The van der Waals surface area contributed by atoms with E-state index in [1.165, 1.54) is 6.26 Å². The van der Waals surface area contributed by atoms with Gasteiger partial charge in [0.15, 0.2) is 5.82 Å². The van der Waals surface area contributed by atoms with Crippen LogP contribution in [0.25, 0.3) is 0 Å². The Bertz CT molecular complexity index is 822. The molecular weight excluding hydrogens is 322 g/mol. The van der Waals surface area contributed by atoms with Gasteiger partial charge in [-0.3, -0.25) is 9.48 Å². The molecule has 3 rings (SSSR count). The molecule has 0 aliphatic carbocycles. The molecule has 0 spiro atoms. The summed E-state index contributed by atoms with van der Waals surface area (Å²) in [5.41, 5.74) is 1.53. The predicted octanol–water partition coefficient (Wildman–Crippen LogP) is 2.11. The number of halogens is 1. The molecule has 0 fully saturated rings. The maximum absolute atomic E-state index is 11.9. The lowest BCUT2D eigenvalue weighted by molar-refractivity contribution is 0.0904. The Morgan fingerprint density at radius 3 is 2.91 bits per heavy atom. The van der Waals surface area contributed by atoms with E-state index in [4.69, 9.17) is 20.5 Å². The first-order chi connectivity index (χ1) is 11.0. The number of hydrogen-bond donors (Lipinski definition) is 1. The fourth-order valence-corrected chi connectivity index (χ4v) is 2.16. The van der Waals surface area contributed by atoms with Crippen molar-refractivity contribution in [3.8, 4) is 0 Å². The maximum Gasteiger partial charge on any atom is 0.316 e. The summed E-state index contributed by atoms with van der Waals surface area (Å²) < 4.78 is 11.8. The summed E-state index contributed by atoms with van der Waals surface area (Å²) in [4.78, 5) is 16.0. The van der Waals surface area contributed by atoms with Crippen LogP contribution in [0.2, 0.25) is 5.02 Å². The van der Waals surface area contributed by atoms with Gasteiger partial charge in [0.05, 0.1) is 29.2 Å². The Hall–Kier alpha value is -2.61. The average Bonchev–Trinajstić information content (AvgIpc) is 3.25. The van der Waals surface area contributed by atoms with E-state index in [0.29, 0.717) is 16.6 Å². The van der Waals surface area contributed by atoms with E-state index in [1.807, 2.05) is 13.8 Å². The van der Waals surface area contributed by atoms with Gasteiger partial charge < -0.3 is 14.3 Å². The van der Waals surface area contributed by atoms with E-state index in [2.05, 4.69) is 20.6 Å². The van der Waals surface area contributed by atoms with Crippen LogP contribution in [-0.4, -0.2) is 25.8 Å². The molecule has 0 aromatic carbocycles. The minimum absolute atomic E-state index is 0.112. The van der Waals surface area contributed by atoms with Gasteiger partial charge in [0.25, 0.3) is 0 Å². The van der Waals surface area contributed by atoms with Crippen molar-refractivity contribution in [2.24, 2.45) is 0 Å². The molecule has 0 aliphatic heterocycles. The highest BCUT2D eigenvalue weighted by Gasteiger charge is 2.17. The molecule has 1 amide bonds. The fourth-order valence-electron chi connectivity index (χ4n) is 2.03. The monoisotopic (exact) mass is 335 g/mol. The topological polar surface area (TPSA) is 99.0 Å². The minimum Gasteiger partial charge on any atom is -0.467 e. The van der Waals surface area contributed by atoms with Gasteiger partial charge in [-0.2, -0.15) is 10.1 Å². The molecule has 3 aromatic heterocycles. The fraction of sp³-hybridized carbons (Fsp3) is 0.286. The number of nitrogens with one attached hydrogen (secondary N) is 1. The Morgan fingerprint density at radius 2 is 2.26 bits per heavy atom. The van der Waals surface area contributed by atoms with Crippen LogP contribution in [0.15, 0.2) is 27.3 Å². The van der Waals surface area contributed by atoms with Crippen molar-refractivity contribution in [1.29, 1.82) is 0 Å². The molecule has 0 radical (unpaired) electrons. The van der Waals surface area contributed by atoms with Crippen molar-refractivity contribution in [3.05, 3.63) is 52.3 Å². The van der Waals surface area contributed by atoms with Crippen molar-refractivity contribution in [2.45, 2.75) is 26.9 Å². The molecule has 3 heterocycles. The van der Waals surface area contributed by atoms with Gasteiger partial charge in [-0.05, 0) is 26.0 Å². The highest BCUT2D eigenvalue weighted by molar-refractivity contribution is 6.31. The van der Waals surface area contributed by atoms with E-state index in [1.54, 1.807) is 16.8 Å². The van der Waals surface area contributed by atoms with Crippen LogP contribution in [0.3, 0.4) is 0 Å². The van der Waals surface area contributed by atoms with Crippen molar-refractivity contribution < 1.29 is 13.7 Å². The number of furan rings is 1. The molecule has 0 unspecified atom stereocenters. The summed E-state index contributed by atoms with van der Waals surface area (Å²) in [7, 11) is 0. The smallest absolute Gasteiger partial charge is 0.316 e. The Morgan fingerprint density at radius 1 is 1.43 bits per heavy atom. The van der Waals surface area contributed by atoms with Crippen LogP contribution in [0.5, 0.6) is 0 Å². The van der Waals surface area contributed by atoms with E-state index in [0.717, 1.165) is 11.4 Å². The van der Waals surface area contributed by atoms with Crippen molar-refractivity contribution in [1.82, 2.24) is 25.2 Å². The van der Waals surface area contributed by atoms with E-state index in [9.17, 15) is 4.79 Å². The van der Waals surface area contributed by atoms with Gasteiger partial charge in [-0.1, -0.05) is 16.8 Å². The third-order valence-electron chi connectivity index (χ3n) is 3.25. The predicted molar refractivity (Wildman–Crippen MR) is 80.0 cm³/mol. The second-order valence-corrected chi connectivity index (χ2v) is 5.30. The highest BCUT2D eigenvalue weighted by atomic mass is 35.5. The van der Waals surface area contributed by atoms with Crippen LogP contribution >= 0.6 is 11.6 Å². The van der Waals surface area contributed by atoms with Crippen LogP contribution in [0.4, 0.5) is 0 Å². The standard InChI is InChI=1S/C14H14ClN5O3/c1-8-12(15)9(2)20(18-8)7-11-17-14(23-19-11)13(21)16-6-10-4-3-5-22-10/h3-5H,6-7H2,1-2H3,(H,16,21). The third-order valence-corrected chi connectivity index (χ3v) is 3.80. The lowest BCUT2D eigenvalue weighted by Crippen LogP contribution is -2.23. The summed E-state index contributed by atoms with van der Waals surface area (Å²) in [6.45, 7) is 4.18. The number of rotatable bonds is 5. The molecule has 0 aliphatic rings. The van der Waals surface area contributed by atoms with Crippen LogP contribution in [-0.2, 0) is 13.1 Å². The summed E-state index contributed by atoms with van der Waals surface area (Å²) in [6, 6.07) is 3.50. The molecule has 8 nitrogen and oxygen atoms in total. The largest absolute Gasteiger partial charge is 0.467 e. The lowest BCUT2D eigenvalue weighted by atomic mass is 10.4. The Balaban J connectivity index is 1.65. The van der Waals surface area contributed by atoms with Gasteiger partial charge in [0, 0.05) is 0 Å². The van der Waals surface area contributed by atoms with Gasteiger partial charge >= 0.3 is 11.8 Å². The van der Waals surface area contributed by atoms with Crippen molar-refractivity contribution in [2.75, 3.05) is 0 Å². The molecule has 1 N–H and O–H groups in total. The number of carbonyl (C=O) groups is 1. The molecule has 23 heavy (non-hydrogen) atoms. The zero-order chi connectivity index (χ0) is 16.4. The summed E-state index contributed by atoms with van der Waals surface area (Å²) in [5, 5.41) is 11.3. The molecule has 0 saturated heterocycles. The van der Waals surface area contributed by atoms with Crippen molar-refractivity contribution >= 4 is 17.5 Å². The summed E-state index contributed by atoms with van der Waals surface area (Å²) in [5.74, 6) is 0.400. The molecule has 0 saturated carbocycles. The van der Waals surface area contributed by atoms with Gasteiger partial charge in [0.1, 0.15) is 12.3 Å². The Kier molecular flexibility index (Phi) is 4.16. The van der Waals surface area contributed by atoms with E-state index >= 15 is 0 Å². The lowest BCUT2D eigenvalue weighted by Gasteiger charge is -1.99. The second kappa shape index (κ2) is 6.25. The second-order valence-electron chi connectivity index (χ2n) is 4.92. The normalized spacial score (nSPS) is 10.9. The highest BCUT2D eigenvalue weighted by Crippen LogP contribution is 2.19. The number of carbonyl (C=O) groups excluding carboxylic acids is 1. The SMILES string of the molecule is Cc1nn(Cc2noc(C(=O)NCc3ccco3)n2)c(C)c1Cl. The Labute approximate surface area is 136 Å². The van der Waals surface area contributed by atoms with Crippen LogP contribution in [0.1, 0.15) is 33.7 Å². The van der Waals surface area contributed by atoms with Crippen LogP contribution in [0, 0.1) is 13.8 Å². The van der Waals surface area contributed by atoms with E-state index < -0.39 is 5.91 Å². The van der Waals surface area contributed by atoms with Gasteiger partial charge in [-0.25, -0.2) is 0 Å². The minimum atomic E-state index is -0.466. The first-order valence-corrected chi connectivity index (χ1v) is 7.25. The molecule has 0 bridgehead atoms. The van der Waals surface area contributed by atoms with Gasteiger partial charge in [0.2, 0.25) is 0 Å². The molecule has 0 atom stereocenters. The molecule has 9 heteroatoms. The van der Waals surface area contributed by atoms with Gasteiger partial charge in [-0.15, -0.1) is 0 Å². The van der Waals surface area contributed by atoms with Crippen molar-refractivity contribution in [3.63, 3.8) is 0 Å². The number of aromatic nitrogens is 4. The number of aryl methyl sites for hydroxylation is 1. The first kappa shape index (κ1) is 15.3. The van der Waals surface area contributed by atoms with E-state index in [-0.39, 0.29) is 19.0 Å². The molecule has 3 aromatic rings. The average molecular weight is 336 g/mol. The maximum atomic E-state index is 11.9. The summed E-state index contributed by atoms with van der Waals surface area (Å²) >= 11 is 6.09. The number of hydrogen-bond acceptors (Lipinski definition) is 6. The number of nitrogens with zero attached hydrogens (tertiary/aromatic N) is 4. The quantitative estimate of drug-likeness (QED) is 0.766. The summed E-state index contributed by atoms with van der Waals surface area (Å²) in [6.07, 6.45) is 1.53. The zero-order valence-electron chi connectivity index (χ0n) is 12.5. The number of amides is 1.